The normalized spacial score (nSPS) is 14.6. The van der Waals surface area contributed by atoms with Crippen molar-refractivity contribution in [1.82, 2.24) is 4.57 Å². The Hall–Kier alpha value is -3.68. The maximum atomic E-state index is 14.2. The number of hydrogen-bond acceptors (Lipinski definition) is 9. The van der Waals surface area contributed by atoms with Gasteiger partial charge in [-0.15, -0.1) is 11.8 Å². The molecule has 0 saturated carbocycles. The molecule has 0 N–H and O–H groups in total. The summed E-state index contributed by atoms with van der Waals surface area (Å²) in [5.41, 5.74) is 2.67. The number of hydrogen-bond donors (Lipinski definition) is 0. The van der Waals surface area contributed by atoms with Crippen molar-refractivity contribution in [2.45, 2.75) is 31.7 Å². The van der Waals surface area contributed by atoms with Crippen LogP contribution in [0.4, 0.5) is 0 Å². The molecule has 44 heavy (non-hydrogen) atoms. The molecule has 0 radical (unpaired) electrons. The molecular weight excluding hydrogens is 711 g/mol. The topological polar surface area (TPSA) is 96.2 Å². The zero-order chi connectivity index (χ0) is 31.4. The van der Waals surface area contributed by atoms with Gasteiger partial charge in [-0.2, -0.15) is 0 Å². The van der Waals surface area contributed by atoms with Gasteiger partial charge in [-0.1, -0.05) is 53.8 Å². The van der Waals surface area contributed by atoms with E-state index >= 15 is 0 Å². The van der Waals surface area contributed by atoms with Crippen molar-refractivity contribution in [3.8, 4) is 11.5 Å². The van der Waals surface area contributed by atoms with Crippen molar-refractivity contribution < 1.29 is 23.8 Å². The Morgan fingerprint density at radius 1 is 1.07 bits per heavy atom. The number of benzene rings is 3. The SMILES string of the molecule is CCOC(=O)C1=C(c2ccccc2)N=c2s/c(=C\c3cc(I)c(OC(C)=O)c(OCC)c3)c(=O)n2[C@H]1c1ccc(SC)cc1. The van der Waals surface area contributed by atoms with Crippen LogP contribution in [0.1, 0.15) is 43.5 Å². The molecule has 1 aromatic heterocycles. The first kappa shape index (κ1) is 31.7. The molecule has 0 unspecified atom stereocenters. The second kappa shape index (κ2) is 14.0. The quantitative estimate of drug-likeness (QED) is 0.0957. The first-order valence-corrected chi connectivity index (χ1v) is 16.9. The summed E-state index contributed by atoms with van der Waals surface area (Å²) < 4.78 is 19.4. The second-order valence-corrected chi connectivity index (χ2v) is 12.6. The van der Waals surface area contributed by atoms with Crippen LogP contribution in [-0.4, -0.2) is 36.0 Å². The Labute approximate surface area is 276 Å². The van der Waals surface area contributed by atoms with Crippen LogP contribution in [0.25, 0.3) is 11.8 Å². The standard InChI is InChI=1S/C33H29IN2O6S2/c1-5-40-25-17-20(16-24(34)30(25)42-19(3)37)18-26-31(38)36-29(22-12-14-23(43-4)15-13-22)27(32(39)41-6-2)28(35-33(36)44-26)21-10-8-7-9-11-21/h7-18,29H,5-6H2,1-4H3/b26-18-/t29-/m0/s1. The van der Waals surface area contributed by atoms with Crippen LogP contribution >= 0.6 is 45.7 Å². The number of rotatable bonds is 9. The van der Waals surface area contributed by atoms with E-state index in [2.05, 4.69) is 22.6 Å². The molecule has 0 saturated heterocycles. The zero-order valence-corrected chi connectivity index (χ0v) is 28.2. The minimum Gasteiger partial charge on any atom is -0.490 e. The van der Waals surface area contributed by atoms with Gasteiger partial charge in [0.1, 0.15) is 0 Å². The van der Waals surface area contributed by atoms with Gasteiger partial charge < -0.3 is 14.2 Å². The summed E-state index contributed by atoms with van der Waals surface area (Å²) in [4.78, 5) is 46.0. The first-order valence-electron chi connectivity index (χ1n) is 13.8. The molecule has 226 valence electrons. The fourth-order valence-corrected chi connectivity index (χ4v) is 7.02. The molecule has 1 aliphatic rings. The lowest BCUT2D eigenvalue weighted by molar-refractivity contribution is -0.139. The molecule has 0 fully saturated rings. The molecule has 5 rings (SSSR count). The predicted octanol–water partition coefficient (Wildman–Crippen LogP) is 5.59. The molecule has 0 amide bonds. The fourth-order valence-electron chi connectivity index (χ4n) is 4.87. The van der Waals surface area contributed by atoms with Gasteiger partial charge in [0.2, 0.25) is 0 Å². The van der Waals surface area contributed by atoms with Crippen LogP contribution in [0.5, 0.6) is 11.5 Å². The molecule has 2 heterocycles. The van der Waals surface area contributed by atoms with Gasteiger partial charge in [0.05, 0.1) is 38.6 Å². The maximum Gasteiger partial charge on any atom is 0.338 e. The number of halogens is 1. The number of ether oxygens (including phenoxy) is 3. The third-order valence-corrected chi connectivity index (χ3v) is 9.21. The van der Waals surface area contributed by atoms with Gasteiger partial charge in [-0.3, -0.25) is 14.2 Å². The van der Waals surface area contributed by atoms with Gasteiger partial charge in [0, 0.05) is 17.4 Å². The van der Waals surface area contributed by atoms with E-state index in [0.717, 1.165) is 16.0 Å². The summed E-state index contributed by atoms with van der Waals surface area (Å²) in [6.45, 7) is 5.47. The Bertz CT molecular complexity index is 1930. The molecule has 0 bridgehead atoms. The lowest BCUT2D eigenvalue weighted by Gasteiger charge is -2.26. The number of carbonyl (C=O) groups is 2. The summed E-state index contributed by atoms with van der Waals surface area (Å²) in [6.07, 6.45) is 3.75. The summed E-state index contributed by atoms with van der Waals surface area (Å²) in [5, 5.41) is 0. The number of thioether (sulfide) groups is 1. The van der Waals surface area contributed by atoms with E-state index in [4.69, 9.17) is 19.2 Å². The summed E-state index contributed by atoms with van der Waals surface area (Å²) in [6, 6.07) is 20.1. The Morgan fingerprint density at radius 2 is 1.80 bits per heavy atom. The summed E-state index contributed by atoms with van der Waals surface area (Å²) >= 11 is 4.93. The largest absolute Gasteiger partial charge is 0.490 e. The van der Waals surface area contributed by atoms with E-state index in [1.54, 1.807) is 35.4 Å². The lowest BCUT2D eigenvalue weighted by Crippen LogP contribution is -2.40. The molecule has 11 heteroatoms. The van der Waals surface area contributed by atoms with Crippen LogP contribution in [-0.2, 0) is 14.3 Å². The van der Waals surface area contributed by atoms with Gasteiger partial charge in [-0.05, 0) is 84.2 Å². The van der Waals surface area contributed by atoms with E-state index in [9.17, 15) is 14.4 Å². The Kier molecular flexibility index (Phi) is 10.1. The molecule has 0 aliphatic carbocycles. The molecule has 0 spiro atoms. The lowest BCUT2D eigenvalue weighted by atomic mass is 9.93. The highest BCUT2D eigenvalue weighted by Gasteiger charge is 2.35. The smallest absolute Gasteiger partial charge is 0.338 e. The molecule has 3 aromatic carbocycles. The van der Waals surface area contributed by atoms with Crippen molar-refractivity contribution in [2.24, 2.45) is 4.99 Å². The molecule has 1 aliphatic heterocycles. The number of esters is 2. The number of thiazole rings is 1. The van der Waals surface area contributed by atoms with E-state index in [0.29, 0.717) is 47.8 Å². The van der Waals surface area contributed by atoms with E-state index in [1.807, 2.05) is 73.8 Å². The van der Waals surface area contributed by atoms with Crippen LogP contribution in [0.2, 0.25) is 0 Å². The van der Waals surface area contributed by atoms with Crippen molar-refractivity contribution in [3.05, 3.63) is 112 Å². The van der Waals surface area contributed by atoms with Gasteiger partial charge >= 0.3 is 11.9 Å². The minimum absolute atomic E-state index is 0.178. The minimum atomic E-state index is -0.760. The van der Waals surface area contributed by atoms with Crippen LogP contribution in [0.3, 0.4) is 0 Å². The average Bonchev–Trinajstić information content (AvgIpc) is 3.32. The first-order chi connectivity index (χ1) is 21.2. The number of carbonyl (C=O) groups excluding carboxylic acids is 2. The van der Waals surface area contributed by atoms with Crippen molar-refractivity contribution in [3.63, 3.8) is 0 Å². The second-order valence-electron chi connectivity index (χ2n) is 9.56. The Morgan fingerprint density at radius 3 is 2.43 bits per heavy atom. The number of nitrogens with zero attached hydrogens (tertiary/aromatic N) is 2. The Balaban J connectivity index is 1.77. The van der Waals surface area contributed by atoms with Crippen LogP contribution in [0.15, 0.2) is 87.0 Å². The van der Waals surface area contributed by atoms with E-state index < -0.39 is 18.0 Å². The zero-order valence-electron chi connectivity index (χ0n) is 24.5. The highest BCUT2D eigenvalue weighted by molar-refractivity contribution is 14.1. The number of aromatic nitrogens is 1. The highest BCUT2D eigenvalue weighted by atomic mass is 127. The fraction of sp³-hybridized carbons (Fsp3) is 0.212. The van der Waals surface area contributed by atoms with Gasteiger partial charge in [0.25, 0.3) is 5.56 Å². The highest BCUT2D eigenvalue weighted by Crippen LogP contribution is 2.37. The predicted molar refractivity (Wildman–Crippen MR) is 181 cm³/mol. The molecule has 1 atom stereocenters. The number of fused-ring (bicyclic) bond motifs is 1. The molecular formula is C33H29IN2O6S2. The van der Waals surface area contributed by atoms with Crippen molar-refractivity contribution in [1.29, 1.82) is 0 Å². The average molecular weight is 741 g/mol. The summed E-state index contributed by atoms with van der Waals surface area (Å²) in [5.74, 6) is -0.252. The van der Waals surface area contributed by atoms with Crippen molar-refractivity contribution in [2.75, 3.05) is 19.5 Å². The maximum absolute atomic E-state index is 14.2. The summed E-state index contributed by atoms with van der Waals surface area (Å²) in [7, 11) is 0. The molecule has 8 nitrogen and oxygen atoms in total. The van der Waals surface area contributed by atoms with Gasteiger partial charge in [-0.25, -0.2) is 9.79 Å². The van der Waals surface area contributed by atoms with Crippen LogP contribution in [0, 0.1) is 3.57 Å². The van der Waals surface area contributed by atoms with E-state index in [-0.39, 0.29) is 12.2 Å². The third kappa shape index (κ3) is 6.54. The molecule has 4 aromatic rings. The van der Waals surface area contributed by atoms with Crippen molar-refractivity contribution >= 4 is 69.4 Å². The van der Waals surface area contributed by atoms with E-state index in [1.165, 1.54) is 18.3 Å². The van der Waals surface area contributed by atoms with Crippen LogP contribution < -0.4 is 24.4 Å². The van der Waals surface area contributed by atoms with Gasteiger partial charge in [0.15, 0.2) is 16.3 Å². The third-order valence-electron chi connectivity index (χ3n) is 6.68. The monoisotopic (exact) mass is 740 g/mol.